The molecule has 1 unspecified atom stereocenters. The maximum Gasteiger partial charge on any atom is 0.254 e. The second-order valence-electron chi connectivity index (χ2n) is 7.34. The van der Waals surface area contributed by atoms with Crippen molar-refractivity contribution in [1.82, 2.24) is 25.2 Å². The van der Waals surface area contributed by atoms with E-state index in [-0.39, 0.29) is 17.8 Å². The predicted molar refractivity (Wildman–Crippen MR) is 119 cm³/mol. The summed E-state index contributed by atoms with van der Waals surface area (Å²) in [6.45, 7) is 5.65. The fourth-order valence-electron chi connectivity index (χ4n) is 3.35. The molecular weight excluding hydrogens is 429 g/mol. The summed E-state index contributed by atoms with van der Waals surface area (Å²) in [5.74, 6) is 0.764. The van der Waals surface area contributed by atoms with Gasteiger partial charge in [-0.15, -0.1) is 0 Å². The van der Waals surface area contributed by atoms with Crippen LogP contribution in [0.1, 0.15) is 46.0 Å². The summed E-state index contributed by atoms with van der Waals surface area (Å²) in [4.78, 5) is 17.4. The molecule has 0 aliphatic rings. The zero-order chi connectivity index (χ0) is 22.7. The molecule has 3 aromatic heterocycles. The first-order valence-corrected chi connectivity index (χ1v) is 11.0. The highest BCUT2D eigenvalue weighted by molar-refractivity contribution is 7.98. The number of aromatic nitrogens is 4. The number of nitrogens with one attached hydrogen (secondary N) is 1. The molecular formula is C23H22FN5O2S. The zero-order valence-corrected chi connectivity index (χ0v) is 18.7. The summed E-state index contributed by atoms with van der Waals surface area (Å²) < 4.78 is 20.1. The average molecular weight is 452 g/mol. The van der Waals surface area contributed by atoms with E-state index in [0.717, 1.165) is 28.4 Å². The molecule has 7 nitrogen and oxygen atoms in total. The fraction of sp³-hybridized carbons (Fsp3) is 0.217. The molecule has 0 spiro atoms. The largest absolute Gasteiger partial charge is 0.361 e. The van der Waals surface area contributed by atoms with E-state index in [1.165, 1.54) is 23.9 Å². The molecule has 0 saturated carbocycles. The SMILES string of the molecule is Cc1cc(CSc2ncccc2C(=O)NC(C)c2cnn(-c3ccc(F)cc3)c2C)no1. The molecule has 9 heteroatoms. The number of carbonyl (C=O) groups excluding carboxylic acids is 1. The minimum atomic E-state index is -0.303. The van der Waals surface area contributed by atoms with Gasteiger partial charge in [0.05, 0.1) is 29.2 Å². The van der Waals surface area contributed by atoms with Gasteiger partial charge >= 0.3 is 0 Å². The van der Waals surface area contributed by atoms with E-state index in [0.29, 0.717) is 16.3 Å². The Morgan fingerprint density at radius 3 is 2.75 bits per heavy atom. The first-order chi connectivity index (χ1) is 15.4. The number of rotatable bonds is 7. The highest BCUT2D eigenvalue weighted by Crippen LogP contribution is 2.25. The number of carbonyl (C=O) groups is 1. The van der Waals surface area contributed by atoms with Crippen LogP contribution in [0.15, 0.2) is 64.4 Å². The molecule has 32 heavy (non-hydrogen) atoms. The third kappa shape index (κ3) is 4.72. The minimum absolute atomic E-state index is 0.224. The normalized spacial score (nSPS) is 12.0. The number of amides is 1. The third-order valence-electron chi connectivity index (χ3n) is 4.98. The van der Waals surface area contributed by atoms with E-state index in [1.807, 2.05) is 26.8 Å². The summed E-state index contributed by atoms with van der Waals surface area (Å²) in [5.41, 5.74) is 3.78. The van der Waals surface area contributed by atoms with Crippen molar-refractivity contribution in [3.8, 4) is 5.69 Å². The maximum absolute atomic E-state index is 13.2. The highest BCUT2D eigenvalue weighted by atomic mass is 32.2. The van der Waals surface area contributed by atoms with E-state index >= 15 is 0 Å². The van der Waals surface area contributed by atoms with Crippen molar-refractivity contribution in [3.05, 3.63) is 89.0 Å². The Morgan fingerprint density at radius 1 is 1.25 bits per heavy atom. The van der Waals surface area contributed by atoms with Crippen molar-refractivity contribution in [1.29, 1.82) is 0 Å². The first-order valence-electron chi connectivity index (χ1n) is 10.0. The maximum atomic E-state index is 13.2. The van der Waals surface area contributed by atoms with Gasteiger partial charge in [0.1, 0.15) is 16.6 Å². The van der Waals surface area contributed by atoms with Crippen molar-refractivity contribution in [2.24, 2.45) is 0 Å². The van der Waals surface area contributed by atoms with Gasteiger partial charge in [0.2, 0.25) is 0 Å². The van der Waals surface area contributed by atoms with Crippen LogP contribution in [0.3, 0.4) is 0 Å². The molecule has 164 valence electrons. The van der Waals surface area contributed by atoms with Crippen molar-refractivity contribution < 1.29 is 13.7 Å². The number of thioether (sulfide) groups is 1. The standard InChI is InChI=1S/C23H22FN5O2S/c1-14-11-18(28-31-14)13-32-23-20(5-4-10-25-23)22(30)27-15(2)21-12-26-29(16(21)3)19-8-6-17(24)7-9-19/h4-12,15H,13H2,1-3H3,(H,27,30). The van der Waals surface area contributed by atoms with E-state index in [2.05, 4.69) is 20.6 Å². The van der Waals surface area contributed by atoms with Gasteiger partial charge in [0, 0.05) is 29.3 Å². The Morgan fingerprint density at radius 2 is 2.03 bits per heavy atom. The van der Waals surface area contributed by atoms with Crippen LogP contribution in [0.2, 0.25) is 0 Å². The van der Waals surface area contributed by atoms with Gasteiger partial charge in [-0.2, -0.15) is 5.10 Å². The lowest BCUT2D eigenvalue weighted by molar-refractivity contribution is 0.0936. The third-order valence-corrected chi connectivity index (χ3v) is 6.02. The Bertz CT molecular complexity index is 1240. The Labute approximate surface area is 189 Å². The lowest BCUT2D eigenvalue weighted by Crippen LogP contribution is -2.27. The van der Waals surface area contributed by atoms with E-state index in [9.17, 15) is 9.18 Å². The van der Waals surface area contributed by atoms with Gasteiger partial charge in [-0.05, 0) is 57.2 Å². The van der Waals surface area contributed by atoms with Crippen LogP contribution in [0.4, 0.5) is 4.39 Å². The Balaban J connectivity index is 1.48. The average Bonchev–Trinajstić information content (AvgIpc) is 3.38. The number of hydrogen-bond donors (Lipinski definition) is 1. The topological polar surface area (TPSA) is 85.8 Å². The smallest absolute Gasteiger partial charge is 0.254 e. The van der Waals surface area contributed by atoms with E-state index < -0.39 is 0 Å². The van der Waals surface area contributed by atoms with Crippen LogP contribution in [-0.2, 0) is 5.75 Å². The van der Waals surface area contributed by atoms with Gasteiger partial charge in [-0.3, -0.25) is 4.79 Å². The lowest BCUT2D eigenvalue weighted by atomic mass is 10.1. The second kappa shape index (κ2) is 9.35. The van der Waals surface area contributed by atoms with Gasteiger partial charge in [0.25, 0.3) is 5.91 Å². The van der Waals surface area contributed by atoms with Crippen LogP contribution in [0, 0.1) is 19.7 Å². The molecule has 0 fully saturated rings. The quantitative estimate of drug-likeness (QED) is 0.407. The highest BCUT2D eigenvalue weighted by Gasteiger charge is 2.20. The van der Waals surface area contributed by atoms with Crippen molar-refractivity contribution in [2.45, 2.75) is 37.6 Å². The molecule has 1 amide bonds. The second-order valence-corrected chi connectivity index (χ2v) is 8.31. The molecule has 3 heterocycles. The summed E-state index contributed by atoms with van der Waals surface area (Å²) in [7, 11) is 0. The summed E-state index contributed by atoms with van der Waals surface area (Å²) >= 11 is 1.43. The zero-order valence-electron chi connectivity index (χ0n) is 17.9. The van der Waals surface area contributed by atoms with Crippen molar-refractivity contribution >= 4 is 17.7 Å². The number of nitrogens with zero attached hydrogens (tertiary/aromatic N) is 4. The molecule has 1 aromatic carbocycles. The van der Waals surface area contributed by atoms with Crippen molar-refractivity contribution in [2.75, 3.05) is 0 Å². The summed E-state index contributed by atoms with van der Waals surface area (Å²) in [5, 5.41) is 12.0. The van der Waals surface area contributed by atoms with E-state index in [4.69, 9.17) is 4.52 Å². The van der Waals surface area contributed by atoms with Crippen LogP contribution in [0.25, 0.3) is 5.69 Å². The summed E-state index contributed by atoms with van der Waals surface area (Å²) in [6.07, 6.45) is 3.38. The Hall–Kier alpha value is -3.46. The molecule has 1 atom stereocenters. The number of pyridine rings is 1. The van der Waals surface area contributed by atoms with Gasteiger partial charge < -0.3 is 9.84 Å². The summed E-state index contributed by atoms with van der Waals surface area (Å²) in [6, 6.07) is 11.2. The lowest BCUT2D eigenvalue weighted by Gasteiger charge is -2.15. The van der Waals surface area contributed by atoms with Crippen LogP contribution in [-0.4, -0.2) is 25.8 Å². The molecule has 1 N–H and O–H groups in total. The van der Waals surface area contributed by atoms with E-state index in [1.54, 1.807) is 41.3 Å². The number of aryl methyl sites for hydroxylation is 1. The molecule has 0 radical (unpaired) electrons. The molecule has 4 rings (SSSR count). The van der Waals surface area contributed by atoms with Gasteiger partial charge in [-0.25, -0.2) is 14.1 Å². The van der Waals surface area contributed by atoms with Crippen molar-refractivity contribution in [3.63, 3.8) is 0 Å². The van der Waals surface area contributed by atoms with Gasteiger partial charge in [0.15, 0.2) is 0 Å². The van der Waals surface area contributed by atoms with Crippen LogP contribution >= 0.6 is 11.8 Å². The molecule has 0 saturated heterocycles. The number of benzene rings is 1. The predicted octanol–water partition coefficient (Wildman–Crippen LogP) is 4.79. The van der Waals surface area contributed by atoms with Crippen LogP contribution in [0.5, 0.6) is 0 Å². The molecule has 0 aliphatic carbocycles. The fourth-order valence-corrected chi connectivity index (χ4v) is 4.22. The molecule has 0 aliphatic heterocycles. The number of halogens is 1. The molecule has 4 aromatic rings. The Kier molecular flexibility index (Phi) is 6.36. The molecule has 0 bridgehead atoms. The minimum Gasteiger partial charge on any atom is -0.361 e. The van der Waals surface area contributed by atoms with Gasteiger partial charge in [-0.1, -0.05) is 16.9 Å². The first kappa shape index (κ1) is 21.8. The number of hydrogen-bond acceptors (Lipinski definition) is 6. The van der Waals surface area contributed by atoms with Crippen LogP contribution < -0.4 is 5.32 Å². The monoisotopic (exact) mass is 451 g/mol.